The number of benzene rings is 2. The van der Waals surface area contributed by atoms with Crippen molar-refractivity contribution in [2.75, 3.05) is 0 Å². The van der Waals surface area contributed by atoms with E-state index in [2.05, 4.69) is 43.8 Å². The molecule has 2 aliphatic rings. The third-order valence-electron chi connectivity index (χ3n) is 6.68. The van der Waals surface area contributed by atoms with Gasteiger partial charge in [0, 0.05) is 5.56 Å². The zero-order valence-electron chi connectivity index (χ0n) is 19.6. The predicted octanol–water partition coefficient (Wildman–Crippen LogP) is 7.23. The smallest absolute Gasteiger partial charge is 0.405 e. The van der Waals surface area contributed by atoms with Gasteiger partial charge in [0.2, 0.25) is 0 Å². The molecule has 1 aliphatic carbocycles. The average Bonchev–Trinajstić information content (AvgIpc) is 3.01. The molecule has 4 nitrogen and oxygen atoms in total. The van der Waals surface area contributed by atoms with Crippen LogP contribution in [0.4, 0.5) is 18.0 Å². The van der Waals surface area contributed by atoms with Crippen LogP contribution < -0.4 is 10.1 Å². The molecule has 0 radical (unpaired) electrons. The van der Waals surface area contributed by atoms with E-state index in [1.165, 1.54) is 23.8 Å². The lowest BCUT2D eigenvalue weighted by Gasteiger charge is -2.42. The van der Waals surface area contributed by atoms with Gasteiger partial charge in [-0.05, 0) is 88.4 Å². The Balaban J connectivity index is 1.99. The van der Waals surface area contributed by atoms with Crippen molar-refractivity contribution < 1.29 is 27.5 Å². The van der Waals surface area contributed by atoms with Gasteiger partial charge in [0.1, 0.15) is 5.75 Å². The SMILES string of the molecule is Cc1cc2c(cc1-c1c(/C=C3/SC(=O)NC3=O)cccc1OC(F)(F)F)C(C)(C)CCC2(C)C. The average molecular weight is 490 g/mol. The summed E-state index contributed by atoms with van der Waals surface area (Å²) in [5, 5.41) is 1.66. The molecule has 1 N–H and O–H groups in total. The fourth-order valence-corrected chi connectivity index (χ4v) is 5.39. The van der Waals surface area contributed by atoms with Gasteiger partial charge in [0.25, 0.3) is 11.1 Å². The van der Waals surface area contributed by atoms with Crippen LogP contribution in [0.1, 0.15) is 62.8 Å². The number of carbonyl (C=O) groups is 2. The van der Waals surface area contributed by atoms with Crippen LogP contribution in [0.2, 0.25) is 0 Å². The van der Waals surface area contributed by atoms with Gasteiger partial charge >= 0.3 is 6.36 Å². The van der Waals surface area contributed by atoms with E-state index in [4.69, 9.17) is 0 Å². The zero-order chi connectivity index (χ0) is 25.1. The van der Waals surface area contributed by atoms with Crippen molar-refractivity contribution in [3.8, 4) is 16.9 Å². The van der Waals surface area contributed by atoms with Crippen molar-refractivity contribution in [3.63, 3.8) is 0 Å². The molecule has 0 unspecified atom stereocenters. The van der Waals surface area contributed by atoms with Crippen LogP contribution in [0.3, 0.4) is 0 Å². The lowest BCUT2D eigenvalue weighted by molar-refractivity contribution is -0.274. The summed E-state index contributed by atoms with van der Waals surface area (Å²) in [6, 6.07) is 8.37. The highest BCUT2D eigenvalue weighted by Gasteiger charge is 2.38. The van der Waals surface area contributed by atoms with Crippen LogP contribution in [0.15, 0.2) is 35.2 Å². The van der Waals surface area contributed by atoms with Gasteiger partial charge in [-0.1, -0.05) is 45.9 Å². The van der Waals surface area contributed by atoms with Crippen LogP contribution in [-0.4, -0.2) is 17.5 Å². The standard InChI is InChI=1S/C26H26F3NO3S/c1-14-11-17-18(25(4,5)10-9-24(17,2)3)13-16(14)21-15(12-20-22(31)30-23(32)34-20)7-6-8-19(21)33-26(27,28)29/h6-8,11-13H,9-10H2,1-5H3,(H,30,31,32)/b20-12+. The zero-order valence-corrected chi connectivity index (χ0v) is 20.5. The summed E-state index contributed by atoms with van der Waals surface area (Å²) in [5.74, 6) is -0.930. The lowest BCUT2D eigenvalue weighted by atomic mass is 9.62. The van der Waals surface area contributed by atoms with Gasteiger partial charge in [0.15, 0.2) is 0 Å². The number of alkyl halides is 3. The van der Waals surface area contributed by atoms with Crippen molar-refractivity contribution >= 4 is 29.0 Å². The summed E-state index contributed by atoms with van der Waals surface area (Å²) in [6.45, 7) is 10.5. The van der Waals surface area contributed by atoms with Crippen molar-refractivity contribution in [2.24, 2.45) is 0 Å². The number of imide groups is 1. The summed E-state index contributed by atoms with van der Waals surface area (Å²) in [5.41, 5.74) is 4.08. The topological polar surface area (TPSA) is 55.4 Å². The molecule has 2 aromatic carbocycles. The Kier molecular flexibility index (Phi) is 5.87. The van der Waals surface area contributed by atoms with Crippen molar-refractivity contribution in [2.45, 2.75) is 64.7 Å². The highest BCUT2D eigenvalue weighted by atomic mass is 32.2. The Morgan fingerprint density at radius 1 is 1.03 bits per heavy atom. The van der Waals surface area contributed by atoms with Gasteiger partial charge < -0.3 is 4.74 Å². The summed E-state index contributed by atoms with van der Waals surface area (Å²) in [4.78, 5) is 23.9. The van der Waals surface area contributed by atoms with E-state index in [-0.39, 0.29) is 27.0 Å². The number of halogens is 3. The number of nitrogens with one attached hydrogen (secondary N) is 1. The first-order valence-corrected chi connectivity index (χ1v) is 11.8. The Morgan fingerprint density at radius 2 is 1.65 bits per heavy atom. The van der Waals surface area contributed by atoms with E-state index < -0.39 is 17.5 Å². The summed E-state index contributed by atoms with van der Waals surface area (Å²) >= 11 is 0.716. The number of rotatable bonds is 3. The van der Waals surface area contributed by atoms with E-state index in [1.54, 1.807) is 6.07 Å². The Hall–Kier alpha value is -2.74. The first kappa shape index (κ1) is 24.4. The number of carbonyl (C=O) groups excluding carboxylic acids is 2. The minimum absolute atomic E-state index is 0.0557. The number of thioether (sulfide) groups is 1. The highest BCUT2D eigenvalue weighted by molar-refractivity contribution is 8.18. The Bertz CT molecular complexity index is 1230. The molecule has 1 heterocycles. The third kappa shape index (κ3) is 4.60. The molecule has 0 saturated carbocycles. The van der Waals surface area contributed by atoms with E-state index in [9.17, 15) is 22.8 Å². The monoisotopic (exact) mass is 489 g/mol. The maximum Gasteiger partial charge on any atom is 0.573 e. The van der Waals surface area contributed by atoms with Gasteiger partial charge in [-0.25, -0.2) is 0 Å². The van der Waals surface area contributed by atoms with E-state index >= 15 is 0 Å². The fraction of sp³-hybridized carbons (Fsp3) is 0.385. The third-order valence-corrected chi connectivity index (χ3v) is 7.49. The predicted molar refractivity (Wildman–Crippen MR) is 128 cm³/mol. The maximum atomic E-state index is 13.3. The largest absolute Gasteiger partial charge is 0.573 e. The molecule has 0 spiro atoms. The molecule has 4 rings (SSSR count). The number of ether oxygens (including phenoxy) is 1. The number of aryl methyl sites for hydroxylation is 1. The quantitative estimate of drug-likeness (QED) is 0.462. The number of hydrogen-bond donors (Lipinski definition) is 1. The molecule has 1 aliphatic heterocycles. The second-order valence-corrected chi connectivity index (χ2v) is 11.1. The number of amides is 2. The molecule has 180 valence electrons. The van der Waals surface area contributed by atoms with Crippen molar-refractivity contribution in [3.05, 3.63) is 57.5 Å². The molecule has 1 saturated heterocycles. The van der Waals surface area contributed by atoms with Gasteiger partial charge in [-0.15, -0.1) is 13.2 Å². The molecule has 2 aromatic rings. The molecule has 34 heavy (non-hydrogen) atoms. The van der Waals surface area contributed by atoms with E-state index in [0.717, 1.165) is 24.0 Å². The molecule has 0 bridgehead atoms. The molecule has 1 fully saturated rings. The van der Waals surface area contributed by atoms with Gasteiger partial charge in [0.05, 0.1) is 4.91 Å². The van der Waals surface area contributed by atoms with Crippen molar-refractivity contribution in [1.29, 1.82) is 0 Å². The molecular formula is C26H26F3NO3S. The summed E-state index contributed by atoms with van der Waals surface area (Å²) < 4.78 is 44.4. The first-order chi connectivity index (χ1) is 15.7. The number of fused-ring (bicyclic) bond motifs is 1. The van der Waals surface area contributed by atoms with Crippen LogP contribution in [0, 0.1) is 6.92 Å². The number of hydrogen-bond acceptors (Lipinski definition) is 4. The highest BCUT2D eigenvalue weighted by Crippen LogP contribution is 2.49. The van der Waals surface area contributed by atoms with Gasteiger partial charge in [-0.2, -0.15) is 0 Å². The molecule has 8 heteroatoms. The minimum atomic E-state index is -4.89. The maximum absolute atomic E-state index is 13.3. The Labute approximate surface area is 201 Å². The summed E-state index contributed by atoms with van der Waals surface area (Å²) in [7, 11) is 0. The molecular weight excluding hydrogens is 463 g/mol. The summed E-state index contributed by atoms with van der Waals surface area (Å²) in [6.07, 6.45) is -1.49. The van der Waals surface area contributed by atoms with E-state index in [1.807, 2.05) is 13.0 Å². The second-order valence-electron chi connectivity index (χ2n) is 10.1. The molecule has 2 amide bonds. The lowest BCUT2D eigenvalue weighted by Crippen LogP contribution is -2.34. The second kappa shape index (κ2) is 8.18. The Morgan fingerprint density at radius 3 is 2.21 bits per heavy atom. The van der Waals surface area contributed by atoms with Crippen LogP contribution in [0.5, 0.6) is 5.75 Å². The van der Waals surface area contributed by atoms with Crippen LogP contribution in [-0.2, 0) is 15.6 Å². The first-order valence-electron chi connectivity index (χ1n) is 11.0. The van der Waals surface area contributed by atoms with Crippen molar-refractivity contribution in [1.82, 2.24) is 5.32 Å². The van der Waals surface area contributed by atoms with Gasteiger partial charge in [-0.3, -0.25) is 14.9 Å². The molecule has 0 aromatic heterocycles. The fourth-order valence-electron chi connectivity index (χ4n) is 4.72. The van der Waals surface area contributed by atoms with Crippen LogP contribution >= 0.6 is 11.8 Å². The molecule has 0 atom stereocenters. The normalized spacial score (nSPS) is 20.3. The minimum Gasteiger partial charge on any atom is -0.405 e. The van der Waals surface area contributed by atoms with Crippen LogP contribution in [0.25, 0.3) is 17.2 Å². The van der Waals surface area contributed by atoms with E-state index in [0.29, 0.717) is 22.9 Å².